The zero-order valence-corrected chi connectivity index (χ0v) is 50.3. The van der Waals surface area contributed by atoms with E-state index in [1.54, 1.807) is 27.7 Å². The molecule has 440 valence electrons. The van der Waals surface area contributed by atoms with Crippen LogP contribution in [0.15, 0.2) is 0 Å². The van der Waals surface area contributed by atoms with E-state index >= 15 is 0 Å². The molecule has 0 bridgehead atoms. The monoisotopic (exact) mass is 1080 g/mol. The molecule has 4 aliphatic rings. The highest BCUT2D eigenvalue weighted by Crippen LogP contribution is 2.41. The van der Waals surface area contributed by atoms with Gasteiger partial charge in [0.05, 0.1) is 26.4 Å². The summed E-state index contributed by atoms with van der Waals surface area (Å²) >= 11 is 0. The topological polar surface area (TPSA) is 222 Å². The molecule has 4 rings (SSSR count). The van der Waals surface area contributed by atoms with Crippen LogP contribution in [0.25, 0.3) is 0 Å². The summed E-state index contributed by atoms with van der Waals surface area (Å²) in [5.74, 6) is 4.87. The largest absolute Gasteiger partial charge is 0.465 e. The molecule has 16 heteroatoms. The number of rotatable bonds is 20. The summed E-state index contributed by atoms with van der Waals surface area (Å²) in [6.45, 7) is 34.6. The molecule has 0 unspecified atom stereocenters. The van der Waals surface area contributed by atoms with Crippen molar-refractivity contribution in [2.45, 2.75) is 188 Å². The molecular formula is C60H108N4O12. The highest BCUT2D eigenvalue weighted by atomic mass is 16.5. The number of hydrogen-bond donors (Lipinski definition) is 4. The van der Waals surface area contributed by atoms with Gasteiger partial charge in [0.1, 0.15) is 26.2 Å². The first kappa shape index (κ1) is 69.8. The van der Waals surface area contributed by atoms with Gasteiger partial charge in [-0.1, -0.05) is 109 Å². The second-order valence-electron chi connectivity index (χ2n) is 23.8. The molecule has 0 aromatic heterocycles. The minimum atomic E-state index is -0.360. The molecule has 4 fully saturated rings. The van der Waals surface area contributed by atoms with Gasteiger partial charge in [0.15, 0.2) is 0 Å². The molecule has 0 radical (unpaired) electrons. The van der Waals surface area contributed by atoms with Gasteiger partial charge in [-0.3, -0.25) is 38.4 Å². The molecule has 4 amide bonds. The summed E-state index contributed by atoms with van der Waals surface area (Å²) in [6.07, 6.45) is 12.9. The number of nitrogens with one attached hydrogen (secondary N) is 4. The maximum absolute atomic E-state index is 12.2. The van der Waals surface area contributed by atoms with Crippen molar-refractivity contribution in [2.75, 3.05) is 52.6 Å². The van der Waals surface area contributed by atoms with Crippen molar-refractivity contribution in [1.29, 1.82) is 0 Å². The Morgan fingerprint density at radius 3 is 0.645 bits per heavy atom. The second kappa shape index (κ2) is 37.6. The third kappa shape index (κ3) is 26.4. The minimum Gasteiger partial charge on any atom is -0.465 e. The Kier molecular flexibility index (Phi) is 34.5. The van der Waals surface area contributed by atoms with E-state index in [1.165, 1.54) is 25.7 Å². The third-order valence-electron chi connectivity index (χ3n) is 16.3. The number of hydrogen-bond acceptors (Lipinski definition) is 12. The van der Waals surface area contributed by atoms with Crippen molar-refractivity contribution in [1.82, 2.24) is 21.3 Å². The van der Waals surface area contributed by atoms with Crippen LogP contribution in [0.2, 0.25) is 0 Å². The van der Waals surface area contributed by atoms with E-state index in [0.717, 1.165) is 51.4 Å². The molecule has 76 heavy (non-hydrogen) atoms. The Morgan fingerprint density at radius 2 is 0.500 bits per heavy atom. The molecule has 0 heterocycles. The average Bonchev–Trinajstić information content (AvgIpc) is 3.36. The van der Waals surface area contributed by atoms with Crippen LogP contribution in [0, 0.1) is 94.7 Å². The van der Waals surface area contributed by atoms with E-state index < -0.39 is 0 Å². The van der Waals surface area contributed by atoms with Crippen LogP contribution in [-0.2, 0) is 57.3 Å². The maximum atomic E-state index is 12.2. The van der Waals surface area contributed by atoms with Crippen LogP contribution in [0.5, 0.6) is 0 Å². The van der Waals surface area contributed by atoms with E-state index in [1.807, 2.05) is 0 Å². The zero-order chi connectivity index (χ0) is 57.7. The number of esters is 4. The number of ether oxygens (including phenoxy) is 4. The van der Waals surface area contributed by atoms with E-state index in [-0.39, 0.29) is 97.4 Å². The van der Waals surface area contributed by atoms with Crippen LogP contribution < -0.4 is 21.3 Å². The summed E-state index contributed by atoms with van der Waals surface area (Å²) < 4.78 is 19.3. The van der Waals surface area contributed by atoms with Gasteiger partial charge in [-0.25, -0.2) is 0 Å². The Labute approximate surface area is 459 Å². The lowest BCUT2D eigenvalue weighted by Gasteiger charge is -2.36. The fourth-order valence-corrected chi connectivity index (χ4v) is 12.0. The summed E-state index contributed by atoms with van der Waals surface area (Å²) in [5, 5.41) is 10.9. The Balaban J connectivity index is 0.000000507. The van der Waals surface area contributed by atoms with E-state index in [9.17, 15) is 38.4 Å². The molecule has 4 saturated carbocycles. The van der Waals surface area contributed by atoms with E-state index in [2.05, 4.69) is 104 Å². The summed E-state index contributed by atoms with van der Waals surface area (Å²) in [7, 11) is 0. The van der Waals surface area contributed by atoms with Gasteiger partial charge in [-0.2, -0.15) is 0 Å². The van der Waals surface area contributed by atoms with Gasteiger partial charge in [0.25, 0.3) is 0 Å². The molecule has 12 atom stereocenters. The standard InChI is InChI=1S/4C15H27NO3/c4*1-5-19-14(17)9-16-15(18)13-8-11(4)6-7-12(13)10(2)3/h4*10-13H,5-9H2,1-4H3,(H,16,18)/t11-,12+,13+;11-,12+,13-;11-,12-,13+;11-,12-,13-/m0000/s1. The summed E-state index contributed by atoms with van der Waals surface area (Å²) in [5.41, 5.74) is 0. The number of carbonyl (C=O) groups is 8. The van der Waals surface area contributed by atoms with Crippen molar-refractivity contribution >= 4 is 47.5 Å². The lowest BCUT2D eigenvalue weighted by atomic mass is 9.70. The summed E-state index contributed by atoms with van der Waals surface area (Å²) in [4.78, 5) is 94.1. The summed E-state index contributed by atoms with van der Waals surface area (Å²) in [6, 6.07) is 0. The highest BCUT2D eigenvalue weighted by Gasteiger charge is 2.39. The van der Waals surface area contributed by atoms with Crippen molar-refractivity contribution in [2.24, 2.45) is 94.7 Å². The lowest BCUT2D eigenvalue weighted by Crippen LogP contribution is -2.42. The van der Waals surface area contributed by atoms with E-state index in [4.69, 9.17) is 18.9 Å². The van der Waals surface area contributed by atoms with Crippen molar-refractivity contribution in [3.8, 4) is 0 Å². The van der Waals surface area contributed by atoms with Crippen LogP contribution >= 0.6 is 0 Å². The smallest absolute Gasteiger partial charge is 0.325 e. The zero-order valence-electron chi connectivity index (χ0n) is 50.3. The van der Waals surface area contributed by atoms with Crippen LogP contribution in [-0.4, -0.2) is 100 Å². The average molecular weight is 1080 g/mol. The normalized spacial score (nSPS) is 27.1. The predicted octanol–water partition coefficient (Wildman–Crippen LogP) is 9.50. The van der Waals surface area contributed by atoms with Gasteiger partial charge >= 0.3 is 23.9 Å². The quantitative estimate of drug-likeness (QED) is 0.0661. The molecule has 0 aromatic carbocycles. The van der Waals surface area contributed by atoms with Crippen molar-refractivity contribution in [3.63, 3.8) is 0 Å². The molecular weight excluding hydrogens is 969 g/mol. The van der Waals surface area contributed by atoms with E-state index in [0.29, 0.717) is 97.4 Å². The molecule has 0 aliphatic heterocycles. The highest BCUT2D eigenvalue weighted by molar-refractivity contribution is 5.86. The van der Waals surface area contributed by atoms with Gasteiger partial charge in [-0.05, 0) is 150 Å². The van der Waals surface area contributed by atoms with Gasteiger partial charge in [0, 0.05) is 23.7 Å². The van der Waals surface area contributed by atoms with Gasteiger partial charge in [0.2, 0.25) is 23.6 Å². The first-order valence-electron chi connectivity index (χ1n) is 29.5. The fourth-order valence-electron chi connectivity index (χ4n) is 12.0. The van der Waals surface area contributed by atoms with Crippen LogP contribution in [0.3, 0.4) is 0 Å². The third-order valence-corrected chi connectivity index (χ3v) is 16.3. The molecule has 0 spiro atoms. The molecule has 4 N–H and O–H groups in total. The fraction of sp³-hybridized carbons (Fsp3) is 0.867. The number of carbonyl (C=O) groups excluding carboxylic acids is 8. The van der Waals surface area contributed by atoms with Crippen molar-refractivity contribution in [3.05, 3.63) is 0 Å². The second-order valence-corrected chi connectivity index (χ2v) is 23.8. The maximum Gasteiger partial charge on any atom is 0.325 e. The first-order chi connectivity index (χ1) is 35.8. The first-order valence-corrected chi connectivity index (χ1v) is 29.5. The molecule has 0 saturated heterocycles. The molecule has 16 nitrogen and oxygen atoms in total. The minimum absolute atomic E-state index is 0.0115. The van der Waals surface area contributed by atoms with Crippen molar-refractivity contribution < 1.29 is 57.3 Å². The Bertz CT molecular complexity index is 1510. The lowest BCUT2D eigenvalue weighted by molar-refractivity contribution is -0.144. The Hall–Kier alpha value is -4.24. The molecule has 0 aromatic rings. The van der Waals surface area contributed by atoms with Gasteiger partial charge < -0.3 is 40.2 Å². The molecule has 4 aliphatic carbocycles. The number of amides is 4. The predicted molar refractivity (Wildman–Crippen MR) is 298 cm³/mol. The van der Waals surface area contributed by atoms with Crippen LogP contribution in [0.4, 0.5) is 0 Å². The Morgan fingerprint density at radius 1 is 0.329 bits per heavy atom. The van der Waals surface area contributed by atoms with Gasteiger partial charge in [-0.15, -0.1) is 0 Å². The SMILES string of the molecule is CCOC(=O)CNC(=O)[C@@H]1C[C@@H](C)CC[C@@H]1C(C)C.CCOC(=O)CNC(=O)[C@@H]1C[C@@H](C)CC[C@H]1C(C)C.CCOC(=O)CNC(=O)[C@H]1C[C@@H](C)CC[C@@H]1C(C)C.CCOC(=O)CNC(=O)[C@H]1C[C@@H](C)CC[C@H]1C(C)C. The van der Waals surface area contributed by atoms with Crippen LogP contribution in [0.1, 0.15) is 188 Å².